The molecule has 4 heterocycles. The first-order valence-electron chi connectivity index (χ1n) is 39.4. The third-order valence-electron chi connectivity index (χ3n) is 23.7. The van der Waals surface area contributed by atoms with E-state index in [0.29, 0.717) is 46.1 Å². The van der Waals surface area contributed by atoms with Crippen molar-refractivity contribution in [3.63, 3.8) is 0 Å². The van der Waals surface area contributed by atoms with Gasteiger partial charge in [0.15, 0.2) is 34.9 Å². The van der Waals surface area contributed by atoms with Crippen molar-refractivity contribution in [2.24, 2.45) is 0 Å². The summed E-state index contributed by atoms with van der Waals surface area (Å²) in [5.74, 6) is 6.96. The van der Waals surface area contributed by atoms with Crippen molar-refractivity contribution in [2.45, 2.75) is 10.8 Å². The smallest absolute Gasteiger partial charge is 0.164 e. The van der Waals surface area contributed by atoms with Crippen molar-refractivity contribution in [1.29, 1.82) is 10.5 Å². The van der Waals surface area contributed by atoms with Gasteiger partial charge in [0.05, 0.1) is 34.1 Å². The largest absolute Gasteiger partial charge is 0.456 e. The Hall–Kier alpha value is -16.1. The zero-order valence-corrected chi connectivity index (χ0v) is 63.3. The topological polar surface area (TPSA) is 143 Å². The van der Waals surface area contributed by atoms with Crippen LogP contribution in [0.1, 0.15) is 55.6 Å². The fourth-order valence-corrected chi connectivity index (χ4v) is 18.5. The maximum absolute atomic E-state index is 9.59. The normalized spacial score (nSPS) is 14.5. The standard InChI is InChI=1S/C57H34N4O.C51H30N4O/c58-35-36-26-28-37(29-27-36)42-21-13-24-49-53(42)62-51-25-12-11-23-48(51)57(49)47-22-10-9-20-45(47)52-44-19-8-7-18-43(44)46(34-50(52)57)38-30-32-41(33-31-38)56-60-54(39-14-3-1-4-15-39)59-55(61-56)40-16-5-2-6-17-40;52-31-32-26-28-33(29-27-32)36-21-13-24-43-47(36)56-45-25-12-11-23-42(45)51(43)41-22-10-9-20-39(41)46-38-19-8-7-18-37(38)40(30-44(46)51)50-54-48(34-14-3-1-4-15-34)53-49(55-50)35-16-5-2-6-17-35/h1-34H;1-30H. The lowest BCUT2D eigenvalue weighted by Gasteiger charge is -2.40. The number of nitriles is 2. The molecule has 118 heavy (non-hydrogen) atoms. The quantitative estimate of drug-likeness (QED) is 0.137. The van der Waals surface area contributed by atoms with Gasteiger partial charge in [0.25, 0.3) is 0 Å². The van der Waals surface area contributed by atoms with Gasteiger partial charge in [-0.25, -0.2) is 29.9 Å². The van der Waals surface area contributed by atoms with Crippen LogP contribution < -0.4 is 9.47 Å². The Labute approximate surface area is 680 Å². The van der Waals surface area contributed by atoms with Gasteiger partial charge in [-0.1, -0.05) is 340 Å². The molecule has 0 N–H and O–H groups in total. The van der Waals surface area contributed by atoms with Gasteiger partial charge < -0.3 is 9.47 Å². The van der Waals surface area contributed by atoms with E-state index in [4.69, 9.17) is 39.4 Å². The van der Waals surface area contributed by atoms with Gasteiger partial charge in [0.1, 0.15) is 23.0 Å². The molecule has 4 aliphatic rings. The molecule has 17 aromatic carbocycles. The minimum atomic E-state index is -0.741. The molecule has 19 aromatic rings. The van der Waals surface area contributed by atoms with E-state index in [9.17, 15) is 10.5 Å². The lowest BCUT2D eigenvalue weighted by Crippen LogP contribution is -2.32. The van der Waals surface area contributed by atoms with Crippen LogP contribution in [0, 0.1) is 22.7 Å². The number of aromatic nitrogens is 6. The highest BCUT2D eigenvalue weighted by Crippen LogP contribution is 2.67. The van der Waals surface area contributed by atoms with E-state index in [2.05, 4.69) is 224 Å². The Morgan fingerprint density at radius 3 is 0.881 bits per heavy atom. The van der Waals surface area contributed by atoms with Crippen LogP contribution in [-0.4, -0.2) is 29.9 Å². The third-order valence-corrected chi connectivity index (χ3v) is 23.7. The summed E-state index contributed by atoms with van der Waals surface area (Å²) < 4.78 is 14.0. The zero-order chi connectivity index (χ0) is 78.4. The van der Waals surface area contributed by atoms with Crippen molar-refractivity contribution in [2.75, 3.05) is 0 Å². The van der Waals surface area contributed by atoms with Crippen LogP contribution in [-0.2, 0) is 10.8 Å². The van der Waals surface area contributed by atoms with Gasteiger partial charge in [0, 0.05) is 66.8 Å². The summed E-state index contributed by atoms with van der Waals surface area (Å²) in [7, 11) is 0. The maximum Gasteiger partial charge on any atom is 0.164 e. The summed E-state index contributed by atoms with van der Waals surface area (Å²) in [6.45, 7) is 0. The molecule has 2 aliphatic carbocycles. The summed E-state index contributed by atoms with van der Waals surface area (Å²) in [5, 5.41) is 23.7. The molecule has 23 rings (SSSR count). The number of benzene rings is 17. The van der Waals surface area contributed by atoms with Crippen LogP contribution in [0.2, 0.25) is 0 Å². The molecule has 0 saturated heterocycles. The van der Waals surface area contributed by atoms with Crippen LogP contribution in [0.4, 0.5) is 0 Å². The third kappa shape index (κ3) is 10.9. The molecule has 0 radical (unpaired) electrons. The predicted octanol–water partition coefficient (Wildman–Crippen LogP) is 25.7. The molecular weight excluding hydrogens is 1440 g/mol. The van der Waals surface area contributed by atoms with Gasteiger partial charge in [-0.3, -0.25) is 0 Å². The zero-order valence-electron chi connectivity index (χ0n) is 63.3. The summed E-state index contributed by atoms with van der Waals surface area (Å²) in [6.07, 6.45) is 0. The Balaban J connectivity index is 0.000000143. The average Bonchev–Trinajstić information content (AvgIpc) is 1.50. The minimum Gasteiger partial charge on any atom is -0.456 e. The predicted molar refractivity (Wildman–Crippen MR) is 468 cm³/mol. The van der Waals surface area contributed by atoms with Gasteiger partial charge in [-0.2, -0.15) is 10.5 Å². The molecule has 10 nitrogen and oxygen atoms in total. The van der Waals surface area contributed by atoms with Gasteiger partial charge in [0.2, 0.25) is 0 Å². The highest BCUT2D eigenvalue weighted by Gasteiger charge is 2.54. The van der Waals surface area contributed by atoms with Crippen molar-refractivity contribution in [3.8, 4) is 159 Å². The number of ether oxygens (including phenoxy) is 2. The first kappa shape index (κ1) is 68.6. The summed E-state index contributed by atoms with van der Waals surface area (Å²) in [5.41, 5.74) is 25.4. The molecule has 10 heteroatoms. The summed E-state index contributed by atoms with van der Waals surface area (Å²) in [6, 6.07) is 139. The van der Waals surface area contributed by atoms with E-state index in [1.54, 1.807) is 0 Å². The molecule has 0 saturated carbocycles. The van der Waals surface area contributed by atoms with Gasteiger partial charge in [-0.15, -0.1) is 0 Å². The Kier molecular flexibility index (Phi) is 16.2. The van der Waals surface area contributed by atoms with E-state index in [-0.39, 0.29) is 0 Å². The average molecular weight is 1510 g/mol. The highest BCUT2D eigenvalue weighted by molar-refractivity contribution is 6.12. The number of nitrogens with zero attached hydrogens (tertiary/aromatic N) is 8. The second-order valence-electron chi connectivity index (χ2n) is 30.0. The van der Waals surface area contributed by atoms with E-state index in [0.717, 1.165) is 128 Å². The molecule has 0 fully saturated rings. The molecule has 0 bridgehead atoms. The fourth-order valence-electron chi connectivity index (χ4n) is 18.5. The second kappa shape index (κ2) is 27.9. The molecule has 2 aliphatic heterocycles. The number of rotatable bonds is 9. The Morgan fingerprint density at radius 1 is 0.203 bits per heavy atom. The maximum atomic E-state index is 9.59. The Bertz CT molecular complexity index is 7260. The van der Waals surface area contributed by atoms with Gasteiger partial charge >= 0.3 is 0 Å². The fraction of sp³-hybridized carbons (Fsp3) is 0.0185. The van der Waals surface area contributed by atoms with E-state index < -0.39 is 10.8 Å². The molecule has 548 valence electrons. The first-order valence-corrected chi connectivity index (χ1v) is 39.4. The van der Waals surface area contributed by atoms with Gasteiger partial charge in [-0.05, 0) is 137 Å². The van der Waals surface area contributed by atoms with Crippen LogP contribution >= 0.6 is 0 Å². The van der Waals surface area contributed by atoms with E-state index in [1.165, 1.54) is 49.7 Å². The molecule has 0 amide bonds. The van der Waals surface area contributed by atoms with Crippen LogP contribution in [0.3, 0.4) is 0 Å². The van der Waals surface area contributed by atoms with Crippen molar-refractivity contribution >= 4 is 21.5 Å². The lowest BCUT2D eigenvalue weighted by molar-refractivity contribution is 0.438. The monoisotopic (exact) mass is 1500 g/mol. The van der Waals surface area contributed by atoms with E-state index >= 15 is 0 Å². The number of fused-ring (bicyclic) bond motifs is 22. The first-order chi connectivity index (χ1) is 58.4. The number of hydrogen-bond donors (Lipinski definition) is 0. The SMILES string of the molecule is N#Cc1ccc(-c2cccc3c2Oc2ccccc2C32c3ccccc3-c3c2cc(-c2ccc(-c4nc(-c5ccccc5)nc(-c5ccccc5)n4)cc2)c2ccccc32)cc1.N#Cc1ccc(-c2cccc3c2Oc2ccccc2C32c3ccccc3-c3c2cc(-c2nc(-c4ccccc4)nc(-c4ccccc4)n2)c2ccccc32)cc1. The summed E-state index contributed by atoms with van der Waals surface area (Å²) >= 11 is 0. The summed E-state index contributed by atoms with van der Waals surface area (Å²) in [4.78, 5) is 30.4. The lowest BCUT2D eigenvalue weighted by atomic mass is 9.65. The van der Waals surface area contributed by atoms with Crippen molar-refractivity contribution in [3.05, 3.63) is 444 Å². The van der Waals surface area contributed by atoms with Crippen molar-refractivity contribution in [1.82, 2.24) is 29.9 Å². The minimum absolute atomic E-state index is 0.606. The molecule has 2 aromatic heterocycles. The molecule has 2 unspecified atom stereocenters. The second-order valence-corrected chi connectivity index (χ2v) is 30.0. The number of para-hydroxylation sites is 4. The van der Waals surface area contributed by atoms with E-state index in [1.807, 2.05) is 176 Å². The van der Waals surface area contributed by atoms with Crippen LogP contribution in [0.25, 0.3) is 146 Å². The van der Waals surface area contributed by atoms with Crippen LogP contribution in [0.5, 0.6) is 23.0 Å². The highest BCUT2D eigenvalue weighted by atomic mass is 16.5. The molecular formula is C108H64N8O2. The number of hydrogen-bond acceptors (Lipinski definition) is 10. The molecule has 2 atom stereocenters. The van der Waals surface area contributed by atoms with Crippen molar-refractivity contribution < 1.29 is 9.47 Å². The Morgan fingerprint density at radius 2 is 0.483 bits per heavy atom. The van der Waals surface area contributed by atoms with Crippen LogP contribution in [0.15, 0.2) is 388 Å². The molecule has 2 spiro atoms.